The molecule has 644 valence electrons. The van der Waals surface area contributed by atoms with Gasteiger partial charge in [-0.1, -0.05) is 174 Å². The van der Waals surface area contributed by atoms with E-state index in [-0.39, 0.29) is 43.1 Å². The maximum atomic E-state index is 15.8. The Bertz CT molecular complexity index is 3820. The fourth-order valence-corrected chi connectivity index (χ4v) is 14.9. The van der Waals surface area contributed by atoms with Crippen LogP contribution in [-0.2, 0) is 73.5 Å². The molecule has 1 saturated heterocycles. The highest BCUT2D eigenvalue weighted by Crippen LogP contribution is 2.32. The number of fused-ring (bicyclic) bond motifs is 1. The van der Waals surface area contributed by atoms with Gasteiger partial charge in [0.05, 0.1) is 19.3 Å². The Morgan fingerprint density at radius 3 is 1.57 bits per heavy atom. The lowest BCUT2D eigenvalue weighted by Crippen LogP contribution is -2.65. The van der Waals surface area contributed by atoms with Crippen LogP contribution >= 0.6 is 0 Å². The van der Waals surface area contributed by atoms with E-state index in [1.807, 2.05) is 27.7 Å². The molecule has 0 saturated carbocycles. The number of aliphatic hydroxyl groups excluding tert-OH is 2. The Labute approximate surface area is 680 Å². The zero-order valence-corrected chi connectivity index (χ0v) is 73.2. The number of aliphatic hydroxyl groups is 2. The van der Waals surface area contributed by atoms with Gasteiger partial charge in [-0.05, 0) is 111 Å². The maximum absolute atomic E-state index is 15.8. The molecule has 0 radical (unpaired) electrons. The van der Waals surface area contributed by atoms with Crippen LogP contribution in [0.5, 0.6) is 5.75 Å². The van der Waals surface area contributed by atoms with Crippen LogP contribution < -0.4 is 42.0 Å². The average Bonchev–Trinajstić information content (AvgIpc) is 1.75. The molecule has 31 heteroatoms. The zero-order chi connectivity index (χ0) is 87.6. The van der Waals surface area contributed by atoms with Crippen LogP contribution in [0.4, 0.5) is 0 Å². The normalized spacial score (nSPS) is 24.5. The molecular formula is C84H136N14O17. The quantitative estimate of drug-likeness (QED) is 0.0528. The number of rotatable bonds is 25. The second kappa shape index (κ2) is 43.6. The van der Waals surface area contributed by atoms with Crippen LogP contribution in [0.2, 0.25) is 0 Å². The molecule has 4 rings (SSSR count). The van der Waals surface area contributed by atoms with E-state index >= 15 is 52.7 Å². The highest BCUT2D eigenvalue weighted by atomic mass is 16.5. The first kappa shape index (κ1) is 98.1. The van der Waals surface area contributed by atoms with Crippen molar-refractivity contribution in [1.82, 2.24) is 71.6 Å². The minimum absolute atomic E-state index is 0.0309. The number of nitrogens with zero attached hydrogens (tertiary/aromatic N) is 6. The third kappa shape index (κ3) is 24.7. The Balaban J connectivity index is 2.10. The first-order valence-corrected chi connectivity index (χ1v) is 40.4. The monoisotopic (exact) mass is 1610 g/mol. The fourth-order valence-electron chi connectivity index (χ4n) is 14.9. The standard InChI is InChI=1S/C84H136N14O17/c1-29-49(17)64-81(110)94(23)56(39-42(3)4)72(101)87-61(44(7)8)79(108)96(25)68(48(15)16)83(112)95(24)57(40-54-41-85-55-37-34-38-58(114-28)59(54)55)73(102)86-60(43(5)6)74(103)92-66(71(100)53-35-32-31-33-36-53)75(104)89-63(46(11)12)84(113)115-52(20)65(82(111)98(27)70(51(19)99)78(107)90-64)91-77(106)69(50(18)30-2)97(26)80(109)62(45(9)10)88-76(105)67(47(13)14)93(21)22/h31-38,41-52,56-57,60-71,85,99-100H,29-30,39-40H2,1-28H3,(H,86,102)(H,87,101)(H,88,105)(H,89,104)(H,90,107)(H,91,106)(H,92,103)/t49-,50+,51+,52+,56-,57-,60-,61-,62-,63-,64-,65-,66-,67-,68-,69-,70-,71+/m0/s1. The Morgan fingerprint density at radius 2 is 1.06 bits per heavy atom. The van der Waals surface area contributed by atoms with E-state index in [2.05, 4.69) is 42.2 Å². The average molecular weight is 1610 g/mol. The number of esters is 1. The summed E-state index contributed by atoms with van der Waals surface area (Å²) >= 11 is 0. The molecule has 31 nitrogen and oxygen atoms in total. The first-order valence-electron chi connectivity index (χ1n) is 40.4. The third-order valence-electron chi connectivity index (χ3n) is 22.2. The van der Waals surface area contributed by atoms with E-state index in [0.717, 1.165) is 11.9 Å². The summed E-state index contributed by atoms with van der Waals surface area (Å²) in [7, 11) is 11.6. The summed E-state index contributed by atoms with van der Waals surface area (Å²) in [5.74, 6) is -16.4. The predicted octanol–water partition coefficient (Wildman–Crippen LogP) is 4.31. The molecule has 1 aliphatic rings. The number of ether oxygens (including phenoxy) is 2. The van der Waals surface area contributed by atoms with Crippen molar-refractivity contribution in [2.24, 2.45) is 53.3 Å². The van der Waals surface area contributed by atoms with Gasteiger partial charge in [-0.15, -0.1) is 0 Å². The number of aromatic nitrogens is 1. The number of carbonyl (C=O) groups is 13. The molecule has 18 atom stereocenters. The zero-order valence-electron chi connectivity index (χ0n) is 73.2. The number of amides is 12. The number of methoxy groups -OCH3 is 1. The van der Waals surface area contributed by atoms with Crippen LogP contribution in [0.1, 0.15) is 175 Å². The number of aromatic amines is 1. The second-order valence-corrected chi connectivity index (χ2v) is 33.9. The van der Waals surface area contributed by atoms with Crippen molar-refractivity contribution in [3.8, 4) is 5.75 Å². The van der Waals surface area contributed by atoms with Crippen LogP contribution in [0.15, 0.2) is 54.7 Å². The number of likely N-dealkylation sites (N-methyl/N-ethyl adjacent to an activating group) is 6. The van der Waals surface area contributed by atoms with Gasteiger partial charge in [0.1, 0.15) is 90.5 Å². The Kier molecular flexibility index (Phi) is 37.2. The van der Waals surface area contributed by atoms with Crippen molar-refractivity contribution in [2.45, 2.75) is 261 Å². The number of nitrogens with one attached hydrogen (secondary N) is 8. The fraction of sp³-hybridized carbons (Fsp3) is 0.679. The number of carbonyl (C=O) groups excluding carboxylic acids is 13. The lowest BCUT2D eigenvalue weighted by atomic mass is 9.93. The molecule has 1 fully saturated rings. The molecule has 12 amide bonds. The smallest absolute Gasteiger partial charge is 0.329 e. The SMILES string of the molecule is CC[C@@H](C)[C@@H](C(=O)N[C@@H]1C(=O)N(C)[C@@H]([C@@H](C)O)C(=O)N[C@@H]([C@@H](C)CC)C(=O)N(C)[C@@H](CC(C)C)C(=O)N[C@@H](C(C)C)C(=O)N(C)[C@@H](C(C)C)C(=O)N(C)[C@@H](Cc2c[nH]c3cccc(OC)c23)C(=O)N[C@@H](C(C)C)C(=O)N[C@@H]([C@H](O)c2ccccc2)C(=O)N[C@@H](C(C)C)C(=O)O[C@@H]1C)N(C)C(=O)[C@@H](NC(=O)[C@H](C(C)C)N(C)C)C(C)C. The molecule has 0 bridgehead atoms. The highest BCUT2D eigenvalue weighted by Gasteiger charge is 2.48. The van der Waals surface area contributed by atoms with E-state index in [0.29, 0.717) is 22.2 Å². The first-order chi connectivity index (χ1) is 53.6. The number of cyclic esters (lactones) is 1. The minimum atomic E-state index is -2.02. The predicted molar refractivity (Wildman–Crippen MR) is 438 cm³/mol. The van der Waals surface area contributed by atoms with Crippen LogP contribution in [0.3, 0.4) is 0 Å². The maximum Gasteiger partial charge on any atom is 0.329 e. The largest absolute Gasteiger partial charge is 0.496 e. The molecule has 10 N–H and O–H groups in total. The van der Waals surface area contributed by atoms with Crippen molar-refractivity contribution in [2.75, 3.05) is 56.4 Å². The van der Waals surface area contributed by atoms with Crippen molar-refractivity contribution in [1.29, 1.82) is 0 Å². The van der Waals surface area contributed by atoms with Gasteiger partial charge >= 0.3 is 5.97 Å². The minimum Gasteiger partial charge on any atom is -0.496 e. The number of hydrogen-bond acceptors (Lipinski definition) is 18. The molecular weight excluding hydrogens is 1480 g/mol. The Morgan fingerprint density at radius 1 is 0.548 bits per heavy atom. The lowest BCUT2D eigenvalue weighted by Gasteiger charge is -2.39. The summed E-state index contributed by atoms with van der Waals surface area (Å²) in [5, 5.41) is 44.1. The van der Waals surface area contributed by atoms with Crippen molar-refractivity contribution >= 4 is 87.8 Å². The molecule has 2 aromatic carbocycles. The molecule has 115 heavy (non-hydrogen) atoms. The number of H-pyrrole nitrogens is 1. The van der Waals surface area contributed by atoms with Gasteiger partial charge in [0.25, 0.3) is 0 Å². The van der Waals surface area contributed by atoms with Crippen molar-refractivity contribution < 1.29 is 82.0 Å². The third-order valence-corrected chi connectivity index (χ3v) is 22.2. The van der Waals surface area contributed by atoms with Crippen LogP contribution in [-0.4, -0.2) is 269 Å². The van der Waals surface area contributed by atoms with E-state index in [1.165, 1.54) is 80.9 Å². The summed E-state index contributed by atoms with van der Waals surface area (Å²) in [6, 6.07) is -6.21. The van der Waals surface area contributed by atoms with E-state index in [9.17, 15) is 19.8 Å². The summed E-state index contributed by atoms with van der Waals surface area (Å²) in [5.41, 5.74) is 1.27. The van der Waals surface area contributed by atoms with Crippen molar-refractivity contribution in [3.63, 3.8) is 0 Å². The molecule has 0 spiro atoms. The van der Waals surface area contributed by atoms with Crippen molar-refractivity contribution in [3.05, 3.63) is 65.9 Å². The van der Waals surface area contributed by atoms with E-state index < -0.39 is 215 Å². The van der Waals surface area contributed by atoms with Crippen LogP contribution in [0, 0.1) is 53.3 Å². The van der Waals surface area contributed by atoms with Gasteiger partial charge in [-0.25, -0.2) is 4.79 Å². The summed E-state index contributed by atoms with van der Waals surface area (Å²) < 4.78 is 12.0. The summed E-state index contributed by atoms with van der Waals surface area (Å²) in [4.78, 5) is 209. The van der Waals surface area contributed by atoms with Gasteiger partial charge in [-0.2, -0.15) is 0 Å². The topological polar surface area (TPSA) is 400 Å². The molecule has 0 unspecified atom stereocenters. The van der Waals surface area contributed by atoms with Gasteiger partial charge in [0, 0.05) is 58.8 Å². The van der Waals surface area contributed by atoms with Gasteiger partial charge in [-0.3, -0.25) is 62.4 Å². The molecule has 1 aromatic heterocycles. The Hall–Kier alpha value is -9.23. The summed E-state index contributed by atoms with van der Waals surface area (Å²) in [6.45, 7) is 33.3. The summed E-state index contributed by atoms with van der Waals surface area (Å²) in [6.07, 6.45) is -3.39. The van der Waals surface area contributed by atoms with Gasteiger partial charge in [0.15, 0.2) is 0 Å². The second-order valence-electron chi connectivity index (χ2n) is 33.9. The molecule has 3 aromatic rings. The van der Waals surface area contributed by atoms with Gasteiger partial charge in [0.2, 0.25) is 70.9 Å². The lowest BCUT2D eigenvalue weighted by molar-refractivity contribution is -0.161. The van der Waals surface area contributed by atoms with E-state index in [4.69, 9.17) is 9.47 Å². The van der Waals surface area contributed by atoms with E-state index in [1.54, 1.807) is 159 Å². The molecule has 2 heterocycles. The number of benzene rings is 2. The number of hydrogen-bond donors (Lipinski definition) is 10. The molecule has 0 aliphatic carbocycles. The highest BCUT2D eigenvalue weighted by molar-refractivity contribution is 6.01. The molecule has 1 aliphatic heterocycles. The van der Waals surface area contributed by atoms with Gasteiger partial charge < -0.3 is 86.4 Å². The van der Waals surface area contributed by atoms with Crippen LogP contribution in [0.25, 0.3) is 10.9 Å².